The molecule has 5 rings (SSSR count). The third-order valence-electron chi connectivity index (χ3n) is 7.80. The first kappa shape index (κ1) is 28.0. The van der Waals surface area contributed by atoms with Crippen LogP contribution in [0.5, 0.6) is 0 Å². The van der Waals surface area contributed by atoms with E-state index in [9.17, 15) is 0 Å². The third kappa shape index (κ3) is 8.99. The number of hydrogen-bond donors (Lipinski definition) is 4. The van der Waals surface area contributed by atoms with Crippen molar-refractivity contribution in [1.82, 2.24) is 30.4 Å². The number of rotatable bonds is 12. The molecule has 214 valence electrons. The van der Waals surface area contributed by atoms with Gasteiger partial charge in [0, 0.05) is 97.4 Å². The number of nitrogens with one attached hydrogen (secondary N) is 3. The summed E-state index contributed by atoms with van der Waals surface area (Å²) >= 11 is 0. The van der Waals surface area contributed by atoms with Gasteiger partial charge in [-0.25, -0.2) is 0 Å². The monoisotopic (exact) mass is 539 g/mol. The molecule has 11 nitrogen and oxygen atoms in total. The number of nitrogen functional groups attached to an aromatic ring is 1. The molecule has 2 aromatic rings. The molecule has 1 aromatic heterocycles. The number of nitrogens with two attached hydrogens (primary N) is 1. The molecule has 11 heteroatoms. The standard InChI is InChI=1S/C28H45N9O2/c29-26-19-27(37-11-9-35(10-12-37)7-8-36-13-17-39-18-14-36)34-28(33-26)31-21-24-3-1-23(2-4-24)20-30-22-32-25-5-15-38-16-6-25/h1-4,19,25,30,32H,5-18,20-22H2,(H3,29,31,33,34). The molecule has 0 bridgehead atoms. The lowest BCUT2D eigenvalue weighted by atomic mass is 10.1. The van der Waals surface area contributed by atoms with Crippen LogP contribution in [0.2, 0.25) is 0 Å². The molecule has 4 heterocycles. The molecule has 0 aliphatic carbocycles. The summed E-state index contributed by atoms with van der Waals surface area (Å²) in [5, 5.41) is 10.4. The number of aromatic nitrogens is 2. The Morgan fingerprint density at radius 3 is 2.15 bits per heavy atom. The number of ether oxygens (including phenoxy) is 2. The predicted octanol–water partition coefficient (Wildman–Crippen LogP) is 0.941. The van der Waals surface area contributed by atoms with E-state index in [1.165, 1.54) is 11.1 Å². The smallest absolute Gasteiger partial charge is 0.226 e. The van der Waals surface area contributed by atoms with Crippen LogP contribution in [0.4, 0.5) is 17.6 Å². The summed E-state index contributed by atoms with van der Waals surface area (Å²) in [5.74, 6) is 1.96. The summed E-state index contributed by atoms with van der Waals surface area (Å²) in [4.78, 5) is 16.6. The lowest BCUT2D eigenvalue weighted by Crippen LogP contribution is -2.49. The quantitative estimate of drug-likeness (QED) is 0.228. The minimum Gasteiger partial charge on any atom is -0.383 e. The van der Waals surface area contributed by atoms with Gasteiger partial charge in [0.05, 0.1) is 13.2 Å². The van der Waals surface area contributed by atoms with Gasteiger partial charge in [-0.2, -0.15) is 9.97 Å². The van der Waals surface area contributed by atoms with E-state index in [1.54, 1.807) is 0 Å². The number of nitrogens with zero attached hydrogens (tertiary/aromatic N) is 5. The largest absolute Gasteiger partial charge is 0.383 e. The summed E-state index contributed by atoms with van der Waals surface area (Å²) in [6.45, 7) is 14.0. The van der Waals surface area contributed by atoms with Crippen molar-refractivity contribution in [3.8, 4) is 0 Å². The van der Waals surface area contributed by atoms with E-state index in [2.05, 4.69) is 59.9 Å². The second-order valence-corrected chi connectivity index (χ2v) is 10.6. The van der Waals surface area contributed by atoms with Crippen molar-refractivity contribution in [2.45, 2.75) is 32.0 Å². The van der Waals surface area contributed by atoms with Gasteiger partial charge in [-0.05, 0) is 24.0 Å². The number of benzene rings is 1. The number of anilines is 3. The van der Waals surface area contributed by atoms with Crippen molar-refractivity contribution in [3.63, 3.8) is 0 Å². The average Bonchev–Trinajstić information content (AvgIpc) is 2.99. The van der Waals surface area contributed by atoms with Crippen LogP contribution in [0.15, 0.2) is 30.3 Å². The van der Waals surface area contributed by atoms with Gasteiger partial charge in [0.1, 0.15) is 11.6 Å². The Morgan fingerprint density at radius 1 is 0.795 bits per heavy atom. The first-order valence-electron chi connectivity index (χ1n) is 14.5. The Labute approximate surface area is 232 Å². The fourth-order valence-corrected chi connectivity index (χ4v) is 5.28. The maximum absolute atomic E-state index is 6.16. The zero-order valence-corrected chi connectivity index (χ0v) is 23.1. The molecule has 3 saturated heterocycles. The van der Waals surface area contributed by atoms with Gasteiger partial charge < -0.3 is 36.1 Å². The molecule has 0 spiro atoms. The molecule has 3 fully saturated rings. The molecule has 0 radical (unpaired) electrons. The second-order valence-electron chi connectivity index (χ2n) is 10.6. The van der Waals surface area contributed by atoms with E-state index in [0.29, 0.717) is 24.4 Å². The van der Waals surface area contributed by atoms with Crippen LogP contribution in [0, 0.1) is 0 Å². The molecule has 3 aliphatic heterocycles. The zero-order chi connectivity index (χ0) is 26.7. The molecule has 39 heavy (non-hydrogen) atoms. The van der Waals surface area contributed by atoms with E-state index in [0.717, 1.165) is 111 Å². The number of hydrogen-bond acceptors (Lipinski definition) is 11. The van der Waals surface area contributed by atoms with E-state index in [4.69, 9.17) is 20.2 Å². The second kappa shape index (κ2) is 14.7. The van der Waals surface area contributed by atoms with Crippen molar-refractivity contribution >= 4 is 17.6 Å². The SMILES string of the molecule is Nc1cc(N2CCN(CCN3CCOCC3)CC2)nc(NCc2ccc(CNCNC3CCOCC3)cc2)n1. The van der Waals surface area contributed by atoms with Crippen molar-refractivity contribution in [3.05, 3.63) is 41.5 Å². The first-order chi connectivity index (χ1) is 19.2. The van der Waals surface area contributed by atoms with Crippen LogP contribution in [-0.4, -0.2) is 111 Å². The van der Waals surface area contributed by atoms with Crippen molar-refractivity contribution < 1.29 is 9.47 Å². The lowest BCUT2D eigenvalue weighted by molar-refractivity contribution is 0.0331. The van der Waals surface area contributed by atoms with E-state index in [1.807, 2.05) is 6.07 Å². The molecular formula is C28H45N9O2. The van der Waals surface area contributed by atoms with Gasteiger partial charge in [0.25, 0.3) is 0 Å². The Bertz CT molecular complexity index is 989. The Kier molecular flexibility index (Phi) is 10.6. The van der Waals surface area contributed by atoms with Gasteiger partial charge >= 0.3 is 0 Å². The molecule has 3 aliphatic rings. The summed E-state index contributed by atoms with van der Waals surface area (Å²) < 4.78 is 10.9. The molecule has 0 saturated carbocycles. The summed E-state index contributed by atoms with van der Waals surface area (Å²) in [6, 6.07) is 11.1. The van der Waals surface area contributed by atoms with Gasteiger partial charge in [-0.3, -0.25) is 9.80 Å². The van der Waals surface area contributed by atoms with Crippen LogP contribution in [0.3, 0.4) is 0 Å². The summed E-state index contributed by atoms with van der Waals surface area (Å²) in [7, 11) is 0. The highest BCUT2D eigenvalue weighted by molar-refractivity contribution is 5.52. The summed E-state index contributed by atoms with van der Waals surface area (Å²) in [5.41, 5.74) is 8.60. The fraction of sp³-hybridized carbons (Fsp3) is 0.643. The van der Waals surface area contributed by atoms with Crippen LogP contribution in [0.1, 0.15) is 24.0 Å². The Balaban J connectivity index is 1.03. The Hall–Kier alpha value is -2.54. The number of piperazine rings is 1. The Morgan fingerprint density at radius 2 is 1.44 bits per heavy atom. The minimum atomic E-state index is 0.494. The van der Waals surface area contributed by atoms with Crippen LogP contribution >= 0.6 is 0 Å². The molecule has 0 amide bonds. The molecule has 0 atom stereocenters. The topological polar surface area (TPSA) is 116 Å². The van der Waals surface area contributed by atoms with Crippen LogP contribution in [-0.2, 0) is 22.6 Å². The third-order valence-corrected chi connectivity index (χ3v) is 7.80. The van der Waals surface area contributed by atoms with Crippen molar-refractivity contribution in [2.75, 3.05) is 101 Å². The number of morpholine rings is 1. The van der Waals surface area contributed by atoms with E-state index in [-0.39, 0.29) is 0 Å². The van der Waals surface area contributed by atoms with Gasteiger partial charge in [-0.1, -0.05) is 24.3 Å². The van der Waals surface area contributed by atoms with Gasteiger partial charge in [0.2, 0.25) is 5.95 Å². The van der Waals surface area contributed by atoms with E-state index < -0.39 is 0 Å². The lowest BCUT2D eigenvalue weighted by Gasteiger charge is -2.37. The molecule has 0 unspecified atom stereocenters. The van der Waals surface area contributed by atoms with Gasteiger partial charge in [0.15, 0.2) is 0 Å². The normalized spacial score (nSPS) is 19.8. The first-order valence-corrected chi connectivity index (χ1v) is 14.5. The van der Waals surface area contributed by atoms with E-state index >= 15 is 0 Å². The zero-order valence-electron chi connectivity index (χ0n) is 23.1. The highest BCUT2D eigenvalue weighted by atomic mass is 16.5. The maximum atomic E-state index is 6.16. The minimum absolute atomic E-state index is 0.494. The fourth-order valence-electron chi connectivity index (χ4n) is 5.28. The highest BCUT2D eigenvalue weighted by Crippen LogP contribution is 2.19. The highest BCUT2D eigenvalue weighted by Gasteiger charge is 2.20. The van der Waals surface area contributed by atoms with Crippen LogP contribution < -0.4 is 26.6 Å². The predicted molar refractivity (Wildman–Crippen MR) is 155 cm³/mol. The molecular weight excluding hydrogens is 494 g/mol. The molecule has 5 N–H and O–H groups in total. The summed E-state index contributed by atoms with van der Waals surface area (Å²) in [6.07, 6.45) is 2.18. The van der Waals surface area contributed by atoms with Crippen LogP contribution in [0.25, 0.3) is 0 Å². The van der Waals surface area contributed by atoms with Gasteiger partial charge in [-0.15, -0.1) is 0 Å². The average molecular weight is 540 g/mol. The maximum Gasteiger partial charge on any atom is 0.226 e. The van der Waals surface area contributed by atoms with Crippen molar-refractivity contribution in [1.29, 1.82) is 0 Å². The molecule has 1 aromatic carbocycles. The van der Waals surface area contributed by atoms with Crippen molar-refractivity contribution in [2.24, 2.45) is 0 Å².